The number of amides is 2. The molecule has 0 atom stereocenters. The summed E-state index contributed by atoms with van der Waals surface area (Å²) in [5.74, 6) is 0.954. The lowest BCUT2D eigenvalue weighted by Gasteiger charge is -2.31. The molecule has 0 spiro atoms. The van der Waals surface area contributed by atoms with Crippen LogP contribution in [0.1, 0.15) is 26.7 Å². The van der Waals surface area contributed by atoms with Gasteiger partial charge in [-0.2, -0.15) is 0 Å². The molecule has 9 nitrogen and oxygen atoms in total. The second-order valence-corrected chi connectivity index (χ2v) is 5.25. The fraction of sp³-hybridized carbons (Fsp3) is 0.600. The minimum absolute atomic E-state index is 0.217. The lowest BCUT2D eigenvalue weighted by Crippen LogP contribution is -2.42. The number of rotatable bonds is 5. The minimum atomic E-state index is -0.557. The summed E-state index contributed by atoms with van der Waals surface area (Å²) in [6.07, 6.45) is 0.802. The fourth-order valence-corrected chi connectivity index (χ4v) is 2.38. The third-order valence-electron chi connectivity index (χ3n) is 3.54. The first-order valence-electron chi connectivity index (χ1n) is 8.08. The normalized spacial score (nSPS) is 14.8. The van der Waals surface area contributed by atoms with Crippen LogP contribution in [0.2, 0.25) is 0 Å². The van der Waals surface area contributed by atoms with Crippen molar-refractivity contribution in [1.82, 2.24) is 15.1 Å². The molecule has 24 heavy (non-hydrogen) atoms. The number of nitrogens with one attached hydrogen (secondary N) is 2. The summed E-state index contributed by atoms with van der Waals surface area (Å²) in [5, 5.41) is 13.7. The van der Waals surface area contributed by atoms with Crippen molar-refractivity contribution in [3.8, 4) is 0 Å². The molecule has 2 heterocycles. The molecular formula is C15H23N5O4. The molecule has 1 saturated heterocycles. The zero-order chi connectivity index (χ0) is 17.4. The summed E-state index contributed by atoms with van der Waals surface area (Å²) < 4.78 is 9.76. The number of piperidine rings is 1. The SMILES string of the molecule is CCOC(=O)Nc1ccc(NC2CCN(C(=O)OCC)CC2)nn1. The van der Waals surface area contributed by atoms with Crippen LogP contribution in [-0.2, 0) is 9.47 Å². The van der Waals surface area contributed by atoms with Gasteiger partial charge in [-0.15, -0.1) is 10.2 Å². The molecule has 9 heteroatoms. The molecule has 1 aliphatic heterocycles. The van der Waals surface area contributed by atoms with E-state index in [0.29, 0.717) is 37.9 Å². The molecular weight excluding hydrogens is 314 g/mol. The monoisotopic (exact) mass is 337 g/mol. The molecule has 0 radical (unpaired) electrons. The quantitative estimate of drug-likeness (QED) is 0.847. The zero-order valence-corrected chi connectivity index (χ0v) is 13.9. The Morgan fingerprint density at radius 3 is 2.33 bits per heavy atom. The Balaban J connectivity index is 1.78. The second-order valence-electron chi connectivity index (χ2n) is 5.25. The first-order valence-corrected chi connectivity index (χ1v) is 8.08. The van der Waals surface area contributed by atoms with Crippen molar-refractivity contribution in [1.29, 1.82) is 0 Å². The Kier molecular flexibility index (Phi) is 6.59. The Morgan fingerprint density at radius 2 is 1.75 bits per heavy atom. The Hall–Kier alpha value is -2.58. The molecule has 0 unspecified atom stereocenters. The third-order valence-corrected chi connectivity index (χ3v) is 3.54. The van der Waals surface area contributed by atoms with Crippen LogP contribution < -0.4 is 10.6 Å². The maximum Gasteiger partial charge on any atom is 0.412 e. The van der Waals surface area contributed by atoms with E-state index in [1.807, 2.05) is 0 Å². The second kappa shape index (κ2) is 8.90. The maximum atomic E-state index is 11.7. The highest BCUT2D eigenvalue weighted by molar-refractivity contribution is 5.83. The molecule has 0 aliphatic carbocycles. The van der Waals surface area contributed by atoms with Gasteiger partial charge in [-0.1, -0.05) is 0 Å². The number of nitrogens with zero attached hydrogens (tertiary/aromatic N) is 3. The number of ether oxygens (including phenoxy) is 2. The summed E-state index contributed by atoms with van der Waals surface area (Å²) in [6.45, 7) is 5.50. The van der Waals surface area contributed by atoms with Crippen LogP contribution in [0.15, 0.2) is 12.1 Å². The molecule has 1 aromatic heterocycles. The lowest BCUT2D eigenvalue weighted by molar-refractivity contribution is 0.0983. The number of carbonyl (C=O) groups is 2. The Morgan fingerprint density at radius 1 is 1.12 bits per heavy atom. The number of anilines is 2. The average Bonchev–Trinajstić information content (AvgIpc) is 2.58. The summed E-state index contributed by atoms with van der Waals surface area (Å²) in [6, 6.07) is 3.61. The zero-order valence-electron chi connectivity index (χ0n) is 13.9. The summed E-state index contributed by atoms with van der Waals surface area (Å²) in [5.41, 5.74) is 0. The fourth-order valence-electron chi connectivity index (χ4n) is 2.38. The van der Waals surface area contributed by atoms with Crippen molar-refractivity contribution in [2.75, 3.05) is 36.9 Å². The van der Waals surface area contributed by atoms with Crippen LogP contribution in [0, 0.1) is 0 Å². The van der Waals surface area contributed by atoms with E-state index in [4.69, 9.17) is 9.47 Å². The van der Waals surface area contributed by atoms with Crippen molar-refractivity contribution < 1.29 is 19.1 Å². The topological polar surface area (TPSA) is 106 Å². The van der Waals surface area contributed by atoms with E-state index in [9.17, 15) is 9.59 Å². The van der Waals surface area contributed by atoms with E-state index in [1.165, 1.54) is 0 Å². The molecule has 0 saturated carbocycles. The highest BCUT2D eigenvalue weighted by Gasteiger charge is 2.23. The Labute approximate surface area is 140 Å². The summed E-state index contributed by atoms with van der Waals surface area (Å²) in [7, 11) is 0. The van der Waals surface area contributed by atoms with Crippen LogP contribution in [0.3, 0.4) is 0 Å². The maximum absolute atomic E-state index is 11.7. The van der Waals surface area contributed by atoms with E-state index >= 15 is 0 Å². The van der Waals surface area contributed by atoms with Crippen LogP contribution in [0.25, 0.3) is 0 Å². The van der Waals surface area contributed by atoms with E-state index in [2.05, 4.69) is 20.8 Å². The van der Waals surface area contributed by atoms with Crippen molar-refractivity contribution in [3.05, 3.63) is 12.1 Å². The minimum Gasteiger partial charge on any atom is -0.450 e. The van der Waals surface area contributed by atoms with Crippen molar-refractivity contribution in [2.45, 2.75) is 32.7 Å². The molecule has 1 aliphatic rings. The first-order chi connectivity index (χ1) is 11.6. The van der Waals surface area contributed by atoms with Gasteiger partial charge in [-0.25, -0.2) is 9.59 Å². The summed E-state index contributed by atoms with van der Waals surface area (Å²) >= 11 is 0. The van der Waals surface area contributed by atoms with Crippen molar-refractivity contribution in [2.24, 2.45) is 0 Å². The molecule has 132 valence electrons. The van der Waals surface area contributed by atoms with Gasteiger partial charge in [0.25, 0.3) is 0 Å². The van der Waals surface area contributed by atoms with Crippen molar-refractivity contribution >= 4 is 23.8 Å². The van der Waals surface area contributed by atoms with E-state index in [0.717, 1.165) is 12.8 Å². The molecule has 0 aromatic carbocycles. The number of hydrogen-bond donors (Lipinski definition) is 2. The number of likely N-dealkylation sites (tertiary alicyclic amines) is 1. The largest absolute Gasteiger partial charge is 0.450 e. The van der Waals surface area contributed by atoms with Gasteiger partial charge in [0.05, 0.1) is 13.2 Å². The standard InChI is InChI=1S/C15H23N5O4/c1-3-23-14(21)17-13-6-5-12(18-19-13)16-11-7-9-20(10-8-11)15(22)24-4-2/h5-6,11H,3-4,7-10H2,1-2H3,(H,16,18)(H,17,19,21). The average molecular weight is 337 g/mol. The van der Waals surface area contributed by atoms with Crippen LogP contribution in [0.4, 0.5) is 21.2 Å². The van der Waals surface area contributed by atoms with Gasteiger partial charge in [-0.05, 0) is 38.8 Å². The van der Waals surface area contributed by atoms with Gasteiger partial charge in [0.2, 0.25) is 0 Å². The van der Waals surface area contributed by atoms with Gasteiger partial charge < -0.3 is 19.7 Å². The molecule has 0 bridgehead atoms. The molecule has 1 fully saturated rings. The van der Waals surface area contributed by atoms with Crippen LogP contribution >= 0.6 is 0 Å². The molecule has 1 aromatic rings. The molecule has 2 N–H and O–H groups in total. The van der Waals surface area contributed by atoms with Crippen LogP contribution in [0.5, 0.6) is 0 Å². The number of hydrogen-bond acceptors (Lipinski definition) is 7. The Bertz CT molecular complexity index is 543. The predicted molar refractivity (Wildman–Crippen MR) is 87.9 cm³/mol. The first kappa shape index (κ1) is 17.8. The van der Waals surface area contributed by atoms with E-state index in [-0.39, 0.29) is 12.1 Å². The van der Waals surface area contributed by atoms with Gasteiger partial charge in [0.15, 0.2) is 5.82 Å². The third kappa shape index (κ3) is 5.25. The van der Waals surface area contributed by atoms with Crippen LogP contribution in [-0.4, -0.2) is 59.6 Å². The number of carbonyl (C=O) groups excluding carboxylic acids is 2. The highest BCUT2D eigenvalue weighted by atomic mass is 16.6. The van der Waals surface area contributed by atoms with Gasteiger partial charge >= 0.3 is 12.2 Å². The summed E-state index contributed by atoms with van der Waals surface area (Å²) in [4.78, 5) is 24.6. The smallest absolute Gasteiger partial charge is 0.412 e. The molecule has 2 amide bonds. The van der Waals surface area contributed by atoms with E-state index < -0.39 is 6.09 Å². The molecule has 2 rings (SSSR count). The van der Waals surface area contributed by atoms with Gasteiger partial charge in [0, 0.05) is 19.1 Å². The highest BCUT2D eigenvalue weighted by Crippen LogP contribution is 2.16. The van der Waals surface area contributed by atoms with Gasteiger partial charge in [0.1, 0.15) is 5.82 Å². The van der Waals surface area contributed by atoms with Gasteiger partial charge in [-0.3, -0.25) is 5.32 Å². The van der Waals surface area contributed by atoms with Crippen molar-refractivity contribution in [3.63, 3.8) is 0 Å². The van der Waals surface area contributed by atoms with E-state index in [1.54, 1.807) is 30.9 Å². The number of aromatic nitrogens is 2. The predicted octanol–water partition coefficient (Wildman–Crippen LogP) is 2.08. The lowest BCUT2D eigenvalue weighted by atomic mass is 10.1.